The van der Waals surface area contributed by atoms with Crippen molar-refractivity contribution in [1.29, 1.82) is 0 Å². The highest BCUT2D eigenvalue weighted by molar-refractivity contribution is 6.31. The molecule has 0 spiro atoms. The van der Waals surface area contributed by atoms with Gasteiger partial charge in [0.2, 0.25) is 5.91 Å². The highest BCUT2D eigenvalue weighted by Crippen LogP contribution is 2.21. The maximum Gasteiger partial charge on any atom is 0.337 e. The quantitative estimate of drug-likeness (QED) is 0.869. The van der Waals surface area contributed by atoms with Gasteiger partial charge in [-0.25, -0.2) is 4.79 Å². The lowest BCUT2D eigenvalue weighted by Crippen LogP contribution is -2.21. The standard InChI is InChI=1S/C12H14ClNO3/c1-3-7(2)11(15)14-10-5-4-8(13)6-9(10)12(16)17/h4-7H,3H2,1-2H3,(H,14,15)(H,16,17)/t7-/m1/s1. The minimum Gasteiger partial charge on any atom is -0.478 e. The molecule has 0 saturated carbocycles. The van der Waals surface area contributed by atoms with Gasteiger partial charge < -0.3 is 10.4 Å². The zero-order chi connectivity index (χ0) is 13.0. The molecule has 1 atom stereocenters. The zero-order valence-electron chi connectivity index (χ0n) is 9.66. The van der Waals surface area contributed by atoms with E-state index in [1.54, 1.807) is 13.0 Å². The number of amides is 1. The topological polar surface area (TPSA) is 66.4 Å². The normalized spacial score (nSPS) is 11.9. The van der Waals surface area contributed by atoms with E-state index in [2.05, 4.69) is 5.32 Å². The zero-order valence-corrected chi connectivity index (χ0v) is 10.4. The molecule has 2 N–H and O–H groups in total. The largest absolute Gasteiger partial charge is 0.478 e. The van der Waals surface area contributed by atoms with Crippen molar-refractivity contribution in [1.82, 2.24) is 0 Å². The number of carboxylic acid groups (broad SMARTS) is 1. The molecule has 0 aromatic heterocycles. The average Bonchev–Trinajstić information content (AvgIpc) is 2.29. The molecule has 4 nitrogen and oxygen atoms in total. The predicted octanol–water partition coefficient (Wildman–Crippen LogP) is 3.02. The van der Waals surface area contributed by atoms with Gasteiger partial charge in [0.25, 0.3) is 0 Å². The molecule has 0 aliphatic rings. The summed E-state index contributed by atoms with van der Waals surface area (Å²) in [4.78, 5) is 22.7. The number of nitrogens with one attached hydrogen (secondary N) is 1. The molecule has 92 valence electrons. The van der Waals surface area contributed by atoms with Crippen LogP contribution in [0.15, 0.2) is 18.2 Å². The summed E-state index contributed by atoms with van der Waals surface area (Å²) in [6, 6.07) is 4.35. The van der Waals surface area contributed by atoms with Gasteiger partial charge in [-0.1, -0.05) is 25.4 Å². The van der Waals surface area contributed by atoms with Crippen LogP contribution in [0.5, 0.6) is 0 Å². The maximum absolute atomic E-state index is 11.7. The molecule has 0 radical (unpaired) electrons. The van der Waals surface area contributed by atoms with Crippen molar-refractivity contribution in [2.75, 3.05) is 5.32 Å². The van der Waals surface area contributed by atoms with Crippen LogP contribution in [0.4, 0.5) is 5.69 Å². The highest BCUT2D eigenvalue weighted by atomic mass is 35.5. The Balaban J connectivity index is 2.98. The van der Waals surface area contributed by atoms with Gasteiger partial charge >= 0.3 is 5.97 Å². The molecule has 1 aromatic carbocycles. The molecular formula is C12H14ClNO3. The lowest BCUT2D eigenvalue weighted by atomic mass is 10.1. The summed E-state index contributed by atoms with van der Waals surface area (Å²) in [7, 11) is 0. The van der Waals surface area contributed by atoms with E-state index in [9.17, 15) is 9.59 Å². The van der Waals surface area contributed by atoms with Crippen LogP contribution >= 0.6 is 11.6 Å². The fraction of sp³-hybridized carbons (Fsp3) is 0.333. The van der Waals surface area contributed by atoms with E-state index >= 15 is 0 Å². The van der Waals surface area contributed by atoms with E-state index in [-0.39, 0.29) is 23.1 Å². The Bertz CT molecular complexity index is 445. The number of hydrogen-bond donors (Lipinski definition) is 2. The van der Waals surface area contributed by atoms with Gasteiger partial charge in [0.15, 0.2) is 0 Å². The third kappa shape index (κ3) is 3.46. The fourth-order valence-corrected chi connectivity index (χ4v) is 1.42. The molecule has 1 rings (SSSR count). The molecule has 5 heteroatoms. The Morgan fingerprint density at radius 2 is 2.12 bits per heavy atom. The Morgan fingerprint density at radius 3 is 2.65 bits per heavy atom. The second kappa shape index (κ2) is 5.68. The van der Waals surface area contributed by atoms with Gasteiger partial charge in [0.05, 0.1) is 11.3 Å². The number of carbonyl (C=O) groups is 2. The van der Waals surface area contributed by atoms with Crippen molar-refractivity contribution >= 4 is 29.2 Å². The van der Waals surface area contributed by atoms with Crippen molar-refractivity contribution in [3.63, 3.8) is 0 Å². The van der Waals surface area contributed by atoms with Gasteiger partial charge in [-0.3, -0.25) is 4.79 Å². The monoisotopic (exact) mass is 255 g/mol. The fourth-order valence-electron chi connectivity index (χ4n) is 1.24. The number of carbonyl (C=O) groups excluding carboxylic acids is 1. The van der Waals surface area contributed by atoms with Crippen LogP contribution in [0.1, 0.15) is 30.6 Å². The predicted molar refractivity (Wildman–Crippen MR) is 66.5 cm³/mol. The first-order valence-electron chi connectivity index (χ1n) is 5.29. The Morgan fingerprint density at radius 1 is 1.47 bits per heavy atom. The average molecular weight is 256 g/mol. The molecule has 0 heterocycles. The van der Waals surface area contributed by atoms with E-state index in [0.29, 0.717) is 11.4 Å². The number of rotatable bonds is 4. The Hall–Kier alpha value is -1.55. The summed E-state index contributed by atoms with van der Waals surface area (Å²) in [6.45, 7) is 3.68. The van der Waals surface area contributed by atoms with E-state index < -0.39 is 5.97 Å². The van der Waals surface area contributed by atoms with E-state index in [1.807, 2.05) is 6.92 Å². The second-order valence-electron chi connectivity index (χ2n) is 3.79. The summed E-state index contributed by atoms with van der Waals surface area (Å²) < 4.78 is 0. The number of aromatic carboxylic acids is 1. The summed E-state index contributed by atoms with van der Waals surface area (Å²) >= 11 is 5.71. The first-order chi connectivity index (χ1) is 7.95. The molecular weight excluding hydrogens is 242 g/mol. The molecule has 1 aromatic rings. The van der Waals surface area contributed by atoms with Gasteiger partial charge in [-0.05, 0) is 24.6 Å². The van der Waals surface area contributed by atoms with Crippen LogP contribution in [0.2, 0.25) is 5.02 Å². The van der Waals surface area contributed by atoms with Crippen LogP contribution in [0, 0.1) is 5.92 Å². The number of benzene rings is 1. The lowest BCUT2D eigenvalue weighted by molar-refractivity contribution is -0.119. The maximum atomic E-state index is 11.7. The number of carboxylic acids is 1. The molecule has 0 unspecified atom stereocenters. The number of halogens is 1. The summed E-state index contributed by atoms with van der Waals surface area (Å²) in [5, 5.41) is 11.9. The van der Waals surface area contributed by atoms with E-state index in [1.165, 1.54) is 12.1 Å². The van der Waals surface area contributed by atoms with Gasteiger partial charge in [-0.15, -0.1) is 0 Å². The minimum atomic E-state index is -1.12. The first kappa shape index (κ1) is 13.5. The Labute approximate surface area is 105 Å². The molecule has 0 fully saturated rings. The van der Waals surface area contributed by atoms with Gasteiger partial charge in [0, 0.05) is 10.9 Å². The summed E-state index contributed by atoms with van der Waals surface area (Å²) in [6.07, 6.45) is 0.696. The lowest BCUT2D eigenvalue weighted by Gasteiger charge is -2.12. The third-order valence-corrected chi connectivity index (χ3v) is 2.76. The van der Waals surface area contributed by atoms with Crippen LogP contribution in [0.3, 0.4) is 0 Å². The molecule has 1 amide bonds. The van der Waals surface area contributed by atoms with Crippen molar-refractivity contribution < 1.29 is 14.7 Å². The molecule has 0 aliphatic heterocycles. The second-order valence-corrected chi connectivity index (χ2v) is 4.23. The van der Waals surface area contributed by atoms with Crippen molar-refractivity contribution in [3.8, 4) is 0 Å². The first-order valence-corrected chi connectivity index (χ1v) is 5.67. The molecule has 0 aliphatic carbocycles. The van der Waals surface area contributed by atoms with Crippen molar-refractivity contribution in [2.24, 2.45) is 5.92 Å². The van der Waals surface area contributed by atoms with E-state index in [0.717, 1.165) is 0 Å². The minimum absolute atomic E-state index is 0.00541. The van der Waals surface area contributed by atoms with Gasteiger partial charge in [0.1, 0.15) is 0 Å². The van der Waals surface area contributed by atoms with Crippen LogP contribution in [-0.2, 0) is 4.79 Å². The molecule has 17 heavy (non-hydrogen) atoms. The smallest absolute Gasteiger partial charge is 0.337 e. The van der Waals surface area contributed by atoms with E-state index in [4.69, 9.17) is 16.7 Å². The van der Waals surface area contributed by atoms with Gasteiger partial charge in [-0.2, -0.15) is 0 Å². The third-order valence-electron chi connectivity index (χ3n) is 2.53. The van der Waals surface area contributed by atoms with Crippen LogP contribution < -0.4 is 5.32 Å². The SMILES string of the molecule is CC[C@@H](C)C(=O)Nc1ccc(Cl)cc1C(=O)O. The number of hydrogen-bond acceptors (Lipinski definition) is 2. The van der Waals surface area contributed by atoms with Crippen molar-refractivity contribution in [3.05, 3.63) is 28.8 Å². The molecule has 0 bridgehead atoms. The number of anilines is 1. The van der Waals surface area contributed by atoms with Crippen LogP contribution in [-0.4, -0.2) is 17.0 Å². The molecule has 0 saturated heterocycles. The highest BCUT2D eigenvalue weighted by Gasteiger charge is 2.15. The summed E-state index contributed by atoms with van der Waals surface area (Å²) in [5.41, 5.74) is 0.265. The van der Waals surface area contributed by atoms with Crippen LogP contribution in [0.25, 0.3) is 0 Å². The summed E-state index contributed by atoms with van der Waals surface area (Å²) in [5.74, 6) is -1.48. The Kier molecular flexibility index (Phi) is 4.52. The van der Waals surface area contributed by atoms with Crippen molar-refractivity contribution in [2.45, 2.75) is 20.3 Å².